The molecule has 2 heterocycles. The van der Waals surface area contributed by atoms with Crippen molar-refractivity contribution >= 4 is 17.6 Å². The van der Waals surface area contributed by atoms with Crippen LogP contribution in [0.4, 0.5) is 36.4 Å². The largest absolute Gasteiger partial charge is 0.468 e. The number of hydrogen-bond acceptors (Lipinski definition) is 5. The van der Waals surface area contributed by atoms with Gasteiger partial charge in [0.05, 0.1) is 48.3 Å². The molecule has 1 aromatic heterocycles. The second kappa shape index (κ2) is 11.6. The molecule has 6 nitrogen and oxygen atoms in total. The van der Waals surface area contributed by atoms with Crippen molar-refractivity contribution in [1.82, 2.24) is 10.3 Å². The molecule has 1 saturated heterocycles. The molecule has 3 aromatic rings. The summed E-state index contributed by atoms with van der Waals surface area (Å²) in [6, 6.07) is 6.29. The number of carbonyl (C=O) groups excluding carboxylic acids is 2. The van der Waals surface area contributed by atoms with E-state index < -0.39 is 58.7 Å². The van der Waals surface area contributed by atoms with Crippen molar-refractivity contribution < 1.29 is 45.1 Å². The lowest BCUT2D eigenvalue weighted by molar-refractivity contribution is -0.147. The number of aromatic nitrogens is 1. The van der Waals surface area contributed by atoms with Crippen molar-refractivity contribution in [2.24, 2.45) is 0 Å². The molecule has 0 bridgehead atoms. The lowest BCUT2D eigenvalue weighted by Crippen LogP contribution is -2.46. The molecule has 4 rings (SSSR count). The zero-order valence-electron chi connectivity index (χ0n) is 23.6. The standard InChI is InChI=1S/C30H28F7N3O3/c1-16-9-20(31)5-6-21(16)22-14-24(23-7-8-28(2,39-23)27(42)43-4)38-15-25(22)40(3)26(41)12-17-10-18(29(32,33)34)13-19(11-17)30(35,36)37/h5-6,9-11,13-15,23,39H,7-8,12H2,1-4H3/t23?,28-/m0/s1. The summed E-state index contributed by atoms with van der Waals surface area (Å²) in [5.41, 5.74) is -2.33. The SMILES string of the molecule is COC(=O)[C@]1(C)CCC(c2cc(-c3ccc(F)cc3C)c(N(C)C(=O)Cc3cc(C(F)(F)F)cc(C(F)(F)F)c3)cn2)N1. The number of esters is 1. The van der Waals surface area contributed by atoms with Crippen LogP contribution in [0.5, 0.6) is 0 Å². The van der Waals surface area contributed by atoms with E-state index in [1.165, 1.54) is 38.6 Å². The minimum atomic E-state index is -5.06. The van der Waals surface area contributed by atoms with Crippen LogP contribution in [0.2, 0.25) is 0 Å². The average molecular weight is 612 g/mol. The zero-order chi connectivity index (χ0) is 31.9. The number of alkyl halides is 6. The van der Waals surface area contributed by atoms with Crippen molar-refractivity contribution in [3.63, 3.8) is 0 Å². The molecule has 1 N–H and O–H groups in total. The predicted molar refractivity (Wildman–Crippen MR) is 143 cm³/mol. The molecule has 2 atom stereocenters. The number of nitrogens with zero attached hydrogens (tertiary/aromatic N) is 2. The van der Waals surface area contributed by atoms with Crippen LogP contribution in [0.25, 0.3) is 11.1 Å². The Morgan fingerprint density at radius 1 is 1.02 bits per heavy atom. The number of hydrogen-bond donors (Lipinski definition) is 1. The van der Waals surface area contributed by atoms with Crippen molar-refractivity contribution in [3.8, 4) is 11.1 Å². The minimum Gasteiger partial charge on any atom is -0.468 e. The molecule has 1 aliphatic rings. The number of rotatable bonds is 6. The number of ether oxygens (including phenoxy) is 1. The first-order chi connectivity index (χ1) is 19.9. The molecular weight excluding hydrogens is 583 g/mol. The lowest BCUT2D eigenvalue weighted by atomic mass is 9.96. The topological polar surface area (TPSA) is 71.5 Å². The summed E-state index contributed by atoms with van der Waals surface area (Å²) in [6.45, 7) is 3.34. The second-order valence-corrected chi connectivity index (χ2v) is 10.7. The van der Waals surface area contributed by atoms with Gasteiger partial charge in [-0.25, -0.2) is 4.39 Å². The van der Waals surface area contributed by atoms with Gasteiger partial charge in [0, 0.05) is 12.6 Å². The average Bonchev–Trinajstić information content (AvgIpc) is 3.34. The Balaban J connectivity index is 1.73. The Bertz CT molecular complexity index is 1520. The first-order valence-corrected chi connectivity index (χ1v) is 13.1. The first-order valence-electron chi connectivity index (χ1n) is 13.1. The van der Waals surface area contributed by atoms with Gasteiger partial charge in [-0.05, 0) is 79.8 Å². The van der Waals surface area contributed by atoms with Gasteiger partial charge in [-0.2, -0.15) is 26.3 Å². The molecule has 1 amide bonds. The van der Waals surface area contributed by atoms with E-state index in [4.69, 9.17) is 4.74 Å². The Morgan fingerprint density at radius 2 is 1.65 bits per heavy atom. The first kappa shape index (κ1) is 31.9. The normalized spacial score (nSPS) is 18.9. The molecule has 1 aliphatic heterocycles. The van der Waals surface area contributed by atoms with E-state index in [0.29, 0.717) is 47.4 Å². The Morgan fingerprint density at radius 3 is 2.21 bits per heavy atom. The second-order valence-electron chi connectivity index (χ2n) is 10.7. The molecular formula is C30H28F7N3O3. The van der Waals surface area contributed by atoms with Crippen LogP contribution in [-0.2, 0) is 33.1 Å². The summed E-state index contributed by atoms with van der Waals surface area (Å²) >= 11 is 0. The minimum absolute atomic E-state index is 0.00199. The van der Waals surface area contributed by atoms with Crippen molar-refractivity contribution in [3.05, 3.63) is 82.4 Å². The number of aryl methyl sites for hydroxylation is 1. The van der Waals surface area contributed by atoms with Crippen molar-refractivity contribution in [1.29, 1.82) is 0 Å². The highest BCUT2D eigenvalue weighted by atomic mass is 19.4. The van der Waals surface area contributed by atoms with Gasteiger partial charge in [0.15, 0.2) is 0 Å². The molecule has 43 heavy (non-hydrogen) atoms. The highest BCUT2D eigenvalue weighted by molar-refractivity contribution is 5.98. The molecule has 2 aromatic carbocycles. The Kier molecular flexibility index (Phi) is 8.60. The summed E-state index contributed by atoms with van der Waals surface area (Å²) in [5.74, 6) is -1.76. The number of pyridine rings is 1. The van der Waals surface area contributed by atoms with E-state index in [9.17, 15) is 40.3 Å². The van der Waals surface area contributed by atoms with Gasteiger partial charge < -0.3 is 9.64 Å². The molecule has 1 unspecified atom stereocenters. The van der Waals surface area contributed by atoms with Crippen LogP contribution in [0.3, 0.4) is 0 Å². The maximum Gasteiger partial charge on any atom is 0.416 e. The maximum atomic E-state index is 14.0. The molecule has 0 aliphatic carbocycles. The summed E-state index contributed by atoms with van der Waals surface area (Å²) in [7, 11) is 2.60. The van der Waals surface area contributed by atoms with Gasteiger partial charge in [-0.3, -0.25) is 19.9 Å². The van der Waals surface area contributed by atoms with Crippen LogP contribution in [0.1, 0.15) is 53.8 Å². The fourth-order valence-electron chi connectivity index (χ4n) is 5.19. The van der Waals surface area contributed by atoms with Gasteiger partial charge >= 0.3 is 18.3 Å². The quantitative estimate of drug-likeness (QED) is 0.246. The lowest BCUT2D eigenvalue weighted by Gasteiger charge is -2.25. The molecule has 0 saturated carbocycles. The van der Waals surface area contributed by atoms with Gasteiger partial charge in [0.25, 0.3) is 0 Å². The summed E-state index contributed by atoms with van der Waals surface area (Å²) in [6.07, 6.45) is -8.56. The third-order valence-corrected chi connectivity index (χ3v) is 7.54. The number of likely N-dealkylation sites (N-methyl/N-ethyl adjacent to an activating group) is 1. The van der Waals surface area contributed by atoms with E-state index in [1.807, 2.05) is 0 Å². The van der Waals surface area contributed by atoms with E-state index >= 15 is 0 Å². The Hall–Kier alpha value is -4.00. The highest BCUT2D eigenvalue weighted by Crippen LogP contribution is 2.39. The zero-order valence-corrected chi connectivity index (χ0v) is 23.6. The van der Waals surface area contributed by atoms with Crippen molar-refractivity contribution in [2.45, 2.75) is 57.0 Å². The Labute approximate surface area is 242 Å². The van der Waals surface area contributed by atoms with Gasteiger partial charge in [0.1, 0.15) is 11.4 Å². The van der Waals surface area contributed by atoms with Crippen LogP contribution in [0, 0.1) is 12.7 Å². The third kappa shape index (κ3) is 6.82. The summed E-state index contributed by atoms with van der Waals surface area (Å²) in [5, 5.41) is 3.21. The number of halogens is 7. The number of nitrogens with one attached hydrogen (secondary N) is 1. The van der Waals surface area contributed by atoms with E-state index in [1.54, 1.807) is 19.9 Å². The fourth-order valence-corrected chi connectivity index (χ4v) is 5.19. The van der Waals surface area contributed by atoms with Gasteiger partial charge in [-0.1, -0.05) is 6.07 Å². The van der Waals surface area contributed by atoms with Crippen LogP contribution >= 0.6 is 0 Å². The highest BCUT2D eigenvalue weighted by Gasteiger charge is 2.43. The van der Waals surface area contributed by atoms with E-state index in [2.05, 4.69) is 10.3 Å². The molecule has 1 fully saturated rings. The molecule has 0 spiro atoms. The smallest absolute Gasteiger partial charge is 0.416 e. The molecule has 0 radical (unpaired) electrons. The number of amides is 1. The third-order valence-electron chi connectivity index (χ3n) is 7.54. The van der Waals surface area contributed by atoms with Crippen LogP contribution < -0.4 is 10.2 Å². The summed E-state index contributed by atoms with van der Waals surface area (Å²) < 4.78 is 99.0. The molecule has 230 valence electrons. The number of carbonyl (C=O) groups is 2. The van der Waals surface area contributed by atoms with Gasteiger partial charge in [-0.15, -0.1) is 0 Å². The summed E-state index contributed by atoms with van der Waals surface area (Å²) in [4.78, 5) is 31.1. The monoisotopic (exact) mass is 611 g/mol. The predicted octanol–water partition coefficient (Wildman–Crippen LogP) is 6.80. The number of benzene rings is 2. The fraction of sp³-hybridized carbons (Fsp3) is 0.367. The van der Waals surface area contributed by atoms with Crippen LogP contribution in [0.15, 0.2) is 48.7 Å². The van der Waals surface area contributed by atoms with Gasteiger partial charge in [0.2, 0.25) is 5.91 Å². The maximum absolute atomic E-state index is 14.0. The van der Waals surface area contributed by atoms with E-state index in [-0.39, 0.29) is 17.8 Å². The number of methoxy groups -OCH3 is 1. The number of anilines is 1. The van der Waals surface area contributed by atoms with Crippen molar-refractivity contribution in [2.75, 3.05) is 19.1 Å². The van der Waals surface area contributed by atoms with Crippen LogP contribution in [-0.4, -0.2) is 36.6 Å². The van der Waals surface area contributed by atoms with E-state index in [0.717, 1.165) is 4.90 Å². The molecule has 13 heteroatoms.